The fraction of sp³-hybridized carbons (Fsp3) is 0.136. The number of amidine groups is 1. The van der Waals surface area contributed by atoms with Crippen LogP contribution in [0, 0.1) is 0 Å². The summed E-state index contributed by atoms with van der Waals surface area (Å²) in [5.41, 5.74) is 3.02. The second kappa shape index (κ2) is 7.37. The molecule has 0 atom stereocenters. The van der Waals surface area contributed by atoms with Gasteiger partial charge in [-0.3, -0.25) is 0 Å². The lowest BCUT2D eigenvalue weighted by Crippen LogP contribution is -2.36. The molecular weight excluding hydrogens is 356 g/mol. The predicted octanol–water partition coefficient (Wildman–Crippen LogP) is 4.27. The summed E-state index contributed by atoms with van der Waals surface area (Å²) < 4.78 is 30.2. The molecule has 3 aromatic carbocycles. The van der Waals surface area contributed by atoms with Crippen LogP contribution in [0.25, 0.3) is 0 Å². The molecule has 0 spiro atoms. The van der Waals surface area contributed by atoms with Crippen LogP contribution in [0.2, 0.25) is 0 Å². The highest BCUT2D eigenvalue weighted by atomic mass is 32.2. The van der Waals surface area contributed by atoms with Gasteiger partial charge in [0.1, 0.15) is 0 Å². The molecule has 0 unspecified atom stereocenters. The SMILES string of the molecule is O=S(=O)(/N=C(/c1ccccc1)N1CCCc2ccccc21)c1ccccc1. The molecule has 5 heteroatoms. The summed E-state index contributed by atoms with van der Waals surface area (Å²) in [6, 6.07) is 26.0. The van der Waals surface area contributed by atoms with Crippen LogP contribution in [0.4, 0.5) is 5.69 Å². The Morgan fingerprint density at radius 3 is 2.19 bits per heavy atom. The third kappa shape index (κ3) is 3.64. The zero-order valence-electron chi connectivity index (χ0n) is 14.8. The molecule has 0 N–H and O–H groups in total. The van der Waals surface area contributed by atoms with Crippen LogP contribution in [-0.4, -0.2) is 20.8 Å². The van der Waals surface area contributed by atoms with Crippen LogP contribution in [0.15, 0.2) is 94.2 Å². The molecule has 1 aliphatic rings. The van der Waals surface area contributed by atoms with Crippen molar-refractivity contribution in [1.29, 1.82) is 0 Å². The van der Waals surface area contributed by atoms with Gasteiger partial charge in [-0.15, -0.1) is 4.40 Å². The van der Waals surface area contributed by atoms with Crippen molar-refractivity contribution in [2.45, 2.75) is 17.7 Å². The van der Waals surface area contributed by atoms with Crippen LogP contribution in [0.1, 0.15) is 17.5 Å². The van der Waals surface area contributed by atoms with Gasteiger partial charge in [-0.25, -0.2) is 0 Å². The second-order valence-electron chi connectivity index (χ2n) is 6.45. The summed E-state index contributed by atoms with van der Waals surface area (Å²) in [5, 5.41) is 0. The summed E-state index contributed by atoms with van der Waals surface area (Å²) in [5.74, 6) is 0.464. The summed E-state index contributed by atoms with van der Waals surface area (Å²) in [6.45, 7) is 0.731. The predicted molar refractivity (Wildman–Crippen MR) is 109 cm³/mol. The molecule has 0 aliphatic carbocycles. The van der Waals surface area contributed by atoms with Gasteiger partial charge in [0, 0.05) is 17.8 Å². The van der Waals surface area contributed by atoms with E-state index in [9.17, 15) is 8.42 Å². The Morgan fingerprint density at radius 1 is 0.815 bits per heavy atom. The highest BCUT2D eigenvalue weighted by Gasteiger charge is 2.24. The Kier molecular flexibility index (Phi) is 4.77. The first-order chi connectivity index (χ1) is 13.1. The maximum Gasteiger partial charge on any atom is 0.284 e. The van der Waals surface area contributed by atoms with Crippen LogP contribution in [0.5, 0.6) is 0 Å². The minimum absolute atomic E-state index is 0.198. The van der Waals surface area contributed by atoms with E-state index in [0.29, 0.717) is 5.84 Å². The molecule has 0 saturated carbocycles. The molecule has 0 amide bonds. The van der Waals surface area contributed by atoms with Crippen molar-refractivity contribution >= 4 is 21.5 Å². The number of nitrogens with zero attached hydrogens (tertiary/aromatic N) is 2. The van der Waals surface area contributed by atoms with Crippen LogP contribution < -0.4 is 4.90 Å². The van der Waals surface area contributed by atoms with Crippen LogP contribution >= 0.6 is 0 Å². The highest BCUT2D eigenvalue weighted by Crippen LogP contribution is 2.29. The van der Waals surface area contributed by atoms with E-state index < -0.39 is 10.0 Å². The van der Waals surface area contributed by atoms with Gasteiger partial charge in [-0.05, 0) is 36.6 Å². The third-order valence-corrected chi connectivity index (χ3v) is 5.93. The van der Waals surface area contributed by atoms with Crippen molar-refractivity contribution in [3.63, 3.8) is 0 Å². The minimum atomic E-state index is -3.81. The standard InChI is InChI=1S/C22H20N2O2S/c25-27(26,20-14-5-2-6-15-20)23-22(19-11-3-1-4-12-19)24-17-9-13-18-10-7-8-16-21(18)24/h1-8,10-12,14-16H,9,13,17H2/b23-22-. The first-order valence-electron chi connectivity index (χ1n) is 8.96. The molecule has 0 aromatic heterocycles. The van der Waals surface area contributed by atoms with Crippen molar-refractivity contribution in [1.82, 2.24) is 0 Å². The van der Waals surface area contributed by atoms with E-state index in [4.69, 9.17) is 0 Å². The monoisotopic (exact) mass is 376 g/mol. The average Bonchev–Trinajstić information content (AvgIpc) is 2.73. The van der Waals surface area contributed by atoms with E-state index >= 15 is 0 Å². The molecule has 0 radical (unpaired) electrons. The Balaban J connectivity index is 1.87. The average molecular weight is 376 g/mol. The Bertz CT molecular complexity index is 1060. The van der Waals surface area contributed by atoms with Crippen LogP contribution in [0.3, 0.4) is 0 Å². The molecule has 1 heterocycles. The third-order valence-electron chi connectivity index (χ3n) is 4.65. The topological polar surface area (TPSA) is 49.7 Å². The van der Waals surface area contributed by atoms with E-state index in [1.807, 2.05) is 53.4 Å². The van der Waals surface area contributed by atoms with Gasteiger partial charge in [0.15, 0.2) is 5.84 Å². The minimum Gasteiger partial charge on any atom is -0.325 e. The lowest BCUT2D eigenvalue weighted by Gasteiger charge is -2.32. The largest absolute Gasteiger partial charge is 0.325 e. The number of fused-ring (bicyclic) bond motifs is 1. The first-order valence-corrected chi connectivity index (χ1v) is 10.4. The maximum absolute atomic E-state index is 13.0. The molecule has 0 fully saturated rings. The molecule has 0 bridgehead atoms. The van der Waals surface area contributed by atoms with Gasteiger partial charge in [-0.1, -0.05) is 66.7 Å². The Labute approximate surface area is 159 Å². The van der Waals surface area contributed by atoms with Gasteiger partial charge in [0.05, 0.1) is 4.90 Å². The smallest absolute Gasteiger partial charge is 0.284 e. The number of para-hydroxylation sites is 1. The summed E-state index contributed by atoms with van der Waals surface area (Å²) >= 11 is 0. The van der Waals surface area contributed by atoms with E-state index in [0.717, 1.165) is 30.6 Å². The maximum atomic E-state index is 13.0. The van der Waals surface area contributed by atoms with E-state index in [-0.39, 0.29) is 4.90 Å². The summed E-state index contributed by atoms with van der Waals surface area (Å²) in [4.78, 5) is 2.22. The molecule has 136 valence electrons. The second-order valence-corrected chi connectivity index (χ2v) is 8.06. The zero-order valence-corrected chi connectivity index (χ0v) is 15.6. The number of aryl methyl sites for hydroxylation is 1. The number of hydrogen-bond donors (Lipinski definition) is 0. The number of anilines is 1. The normalized spacial score (nSPS) is 14.7. The molecule has 3 aromatic rings. The fourth-order valence-electron chi connectivity index (χ4n) is 3.36. The van der Waals surface area contributed by atoms with Gasteiger partial charge in [0.2, 0.25) is 0 Å². The van der Waals surface area contributed by atoms with Crippen LogP contribution in [-0.2, 0) is 16.4 Å². The molecule has 1 aliphatic heterocycles. The fourth-order valence-corrected chi connectivity index (χ4v) is 4.40. The van der Waals surface area contributed by atoms with Gasteiger partial charge in [0.25, 0.3) is 10.0 Å². The van der Waals surface area contributed by atoms with Gasteiger partial charge in [-0.2, -0.15) is 8.42 Å². The van der Waals surface area contributed by atoms with Gasteiger partial charge < -0.3 is 4.90 Å². The molecule has 4 rings (SSSR count). The van der Waals surface area contributed by atoms with Crippen molar-refractivity contribution < 1.29 is 8.42 Å². The number of benzene rings is 3. The van der Waals surface area contributed by atoms with E-state index in [2.05, 4.69) is 10.5 Å². The number of hydrogen-bond acceptors (Lipinski definition) is 2. The molecule has 27 heavy (non-hydrogen) atoms. The summed E-state index contributed by atoms with van der Waals surface area (Å²) in [7, 11) is -3.81. The lowest BCUT2D eigenvalue weighted by atomic mass is 10.0. The molecular formula is C22H20N2O2S. The number of rotatable bonds is 3. The number of sulfonamides is 1. The molecule has 0 saturated heterocycles. The Morgan fingerprint density at radius 2 is 1.44 bits per heavy atom. The quantitative estimate of drug-likeness (QED) is 0.506. The Hall–Kier alpha value is -2.92. The van der Waals surface area contributed by atoms with E-state index in [1.54, 1.807) is 30.3 Å². The highest BCUT2D eigenvalue weighted by molar-refractivity contribution is 7.90. The first kappa shape index (κ1) is 17.5. The van der Waals surface area contributed by atoms with Crippen molar-refractivity contribution in [3.8, 4) is 0 Å². The van der Waals surface area contributed by atoms with E-state index in [1.165, 1.54) is 5.56 Å². The lowest BCUT2D eigenvalue weighted by molar-refractivity contribution is 0.598. The summed E-state index contributed by atoms with van der Waals surface area (Å²) in [6.07, 6.45) is 1.94. The van der Waals surface area contributed by atoms with Gasteiger partial charge >= 0.3 is 0 Å². The van der Waals surface area contributed by atoms with Crippen molar-refractivity contribution in [2.24, 2.45) is 4.40 Å². The molecule has 4 nitrogen and oxygen atoms in total. The van der Waals surface area contributed by atoms with Crippen molar-refractivity contribution in [2.75, 3.05) is 11.4 Å². The zero-order chi connectivity index (χ0) is 18.7. The van der Waals surface area contributed by atoms with Crippen molar-refractivity contribution in [3.05, 3.63) is 96.1 Å².